The average Bonchev–Trinajstić information content (AvgIpc) is 3.33. The van der Waals surface area contributed by atoms with Gasteiger partial charge in [0.1, 0.15) is 23.9 Å². The molecule has 0 aliphatic heterocycles. The van der Waals surface area contributed by atoms with E-state index in [-0.39, 0.29) is 29.5 Å². The van der Waals surface area contributed by atoms with Gasteiger partial charge in [0.15, 0.2) is 17.3 Å². The number of benzene rings is 3. The standard InChI is InChI=1S/C26H22N2O7/c1-17-7-3-4-8-22(17)33-16-20-11-12-25(34-20)26(29)27-18-13-19(28(30)31)15-21(14-18)35-24-10-6-5-9-23(24)32-2/h3-15H,16H2,1-2H3,(H,27,29). The number of methoxy groups -OCH3 is 1. The minimum Gasteiger partial charge on any atom is -0.493 e. The summed E-state index contributed by atoms with van der Waals surface area (Å²) in [5.74, 6) is 1.62. The molecule has 4 rings (SSSR count). The zero-order valence-corrected chi connectivity index (χ0v) is 19.0. The Balaban J connectivity index is 1.49. The van der Waals surface area contributed by atoms with Crippen LogP contribution in [0.5, 0.6) is 23.0 Å². The molecule has 0 saturated carbocycles. The van der Waals surface area contributed by atoms with Gasteiger partial charge in [0.05, 0.1) is 23.8 Å². The van der Waals surface area contributed by atoms with E-state index in [0.29, 0.717) is 23.0 Å². The van der Waals surface area contributed by atoms with Crippen LogP contribution in [0.1, 0.15) is 21.9 Å². The smallest absolute Gasteiger partial charge is 0.291 e. The van der Waals surface area contributed by atoms with E-state index in [1.165, 1.54) is 31.4 Å². The van der Waals surface area contributed by atoms with Crippen molar-refractivity contribution in [2.24, 2.45) is 0 Å². The zero-order chi connectivity index (χ0) is 24.8. The van der Waals surface area contributed by atoms with Gasteiger partial charge in [0.2, 0.25) is 0 Å². The van der Waals surface area contributed by atoms with Crippen LogP contribution in [0.2, 0.25) is 0 Å². The Bertz CT molecular complexity index is 1360. The number of amides is 1. The summed E-state index contributed by atoms with van der Waals surface area (Å²) in [7, 11) is 1.49. The fourth-order valence-electron chi connectivity index (χ4n) is 3.29. The number of hydrogen-bond donors (Lipinski definition) is 1. The Morgan fingerprint density at radius 1 is 0.971 bits per heavy atom. The number of ether oxygens (including phenoxy) is 3. The lowest BCUT2D eigenvalue weighted by atomic mass is 10.2. The summed E-state index contributed by atoms with van der Waals surface area (Å²) < 4.78 is 22.4. The van der Waals surface area contributed by atoms with Gasteiger partial charge in [-0.2, -0.15) is 0 Å². The van der Waals surface area contributed by atoms with E-state index in [1.807, 2.05) is 31.2 Å². The number of nitro groups is 1. The number of aryl methyl sites for hydroxylation is 1. The molecule has 35 heavy (non-hydrogen) atoms. The molecular formula is C26H22N2O7. The van der Waals surface area contributed by atoms with Gasteiger partial charge in [-0.1, -0.05) is 30.3 Å². The lowest BCUT2D eigenvalue weighted by Crippen LogP contribution is -2.11. The Morgan fingerprint density at radius 3 is 2.40 bits per heavy atom. The number of non-ortho nitro benzene ring substituents is 1. The highest BCUT2D eigenvalue weighted by Crippen LogP contribution is 2.34. The highest BCUT2D eigenvalue weighted by molar-refractivity contribution is 6.02. The monoisotopic (exact) mass is 474 g/mol. The third kappa shape index (κ3) is 5.77. The van der Waals surface area contributed by atoms with Crippen LogP contribution in [-0.2, 0) is 6.61 Å². The van der Waals surface area contributed by atoms with Crippen molar-refractivity contribution in [3.05, 3.63) is 106 Å². The number of hydrogen-bond acceptors (Lipinski definition) is 7. The van der Waals surface area contributed by atoms with E-state index in [2.05, 4.69) is 5.32 Å². The summed E-state index contributed by atoms with van der Waals surface area (Å²) in [5, 5.41) is 14.0. The maximum atomic E-state index is 12.7. The molecule has 0 radical (unpaired) electrons. The van der Waals surface area contributed by atoms with Crippen LogP contribution in [0.3, 0.4) is 0 Å². The van der Waals surface area contributed by atoms with Crippen LogP contribution >= 0.6 is 0 Å². The van der Waals surface area contributed by atoms with E-state index in [0.717, 1.165) is 5.56 Å². The van der Waals surface area contributed by atoms with Crippen molar-refractivity contribution in [2.45, 2.75) is 13.5 Å². The van der Waals surface area contributed by atoms with Gasteiger partial charge in [0, 0.05) is 12.1 Å². The van der Waals surface area contributed by atoms with Crippen LogP contribution in [0.15, 0.2) is 83.3 Å². The molecule has 1 heterocycles. The van der Waals surface area contributed by atoms with Gasteiger partial charge in [-0.05, 0) is 42.8 Å². The van der Waals surface area contributed by atoms with Gasteiger partial charge >= 0.3 is 0 Å². The van der Waals surface area contributed by atoms with E-state index in [9.17, 15) is 14.9 Å². The van der Waals surface area contributed by atoms with Gasteiger partial charge in [0.25, 0.3) is 11.6 Å². The molecule has 9 heteroatoms. The molecule has 0 unspecified atom stereocenters. The van der Waals surface area contributed by atoms with Crippen molar-refractivity contribution in [3.63, 3.8) is 0 Å². The molecule has 0 aliphatic carbocycles. The van der Waals surface area contributed by atoms with Crippen LogP contribution in [-0.4, -0.2) is 17.9 Å². The van der Waals surface area contributed by atoms with E-state index < -0.39 is 10.8 Å². The molecule has 1 amide bonds. The Labute approximate surface area is 201 Å². The molecular weight excluding hydrogens is 452 g/mol. The van der Waals surface area contributed by atoms with Gasteiger partial charge < -0.3 is 23.9 Å². The molecule has 1 N–H and O–H groups in total. The molecule has 0 spiro atoms. The number of anilines is 1. The Kier molecular flexibility index (Phi) is 6.96. The van der Waals surface area contributed by atoms with Crippen molar-refractivity contribution < 1.29 is 28.3 Å². The largest absolute Gasteiger partial charge is 0.493 e. The summed E-state index contributed by atoms with van der Waals surface area (Å²) in [4.78, 5) is 23.6. The zero-order valence-electron chi connectivity index (χ0n) is 19.0. The second kappa shape index (κ2) is 10.4. The number of nitro benzene ring substituents is 1. The normalized spacial score (nSPS) is 10.5. The number of para-hydroxylation sites is 3. The Hall–Kier alpha value is -4.79. The first-order valence-electron chi connectivity index (χ1n) is 10.6. The minimum atomic E-state index is -0.573. The Morgan fingerprint density at radius 2 is 1.69 bits per heavy atom. The highest BCUT2D eigenvalue weighted by atomic mass is 16.6. The predicted octanol–water partition coefficient (Wildman–Crippen LogP) is 6.13. The maximum absolute atomic E-state index is 12.7. The lowest BCUT2D eigenvalue weighted by molar-refractivity contribution is -0.384. The molecule has 0 atom stereocenters. The van der Waals surface area contributed by atoms with Crippen LogP contribution in [0.25, 0.3) is 0 Å². The second-order valence-electron chi connectivity index (χ2n) is 7.50. The topological polar surface area (TPSA) is 113 Å². The third-order valence-corrected chi connectivity index (χ3v) is 5.01. The summed E-state index contributed by atoms with van der Waals surface area (Å²) in [5.41, 5.74) is 0.900. The van der Waals surface area contributed by atoms with Gasteiger partial charge in [-0.3, -0.25) is 14.9 Å². The van der Waals surface area contributed by atoms with Gasteiger partial charge in [-0.25, -0.2) is 0 Å². The summed E-state index contributed by atoms with van der Waals surface area (Å²) >= 11 is 0. The van der Waals surface area contributed by atoms with Gasteiger partial charge in [-0.15, -0.1) is 0 Å². The third-order valence-electron chi connectivity index (χ3n) is 5.01. The quantitative estimate of drug-likeness (QED) is 0.229. The minimum absolute atomic E-state index is 0.0343. The first-order chi connectivity index (χ1) is 16.9. The van der Waals surface area contributed by atoms with Crippen LogP contribution < -0.4 is 19.5 Å². The first-order valence-corrected chi connectivity index (χ1v) is 10.6. The van der Waals surface area contributed by atoms with Crippen molar-refractivity contribution in [1.29, 1.82) is 0 Å². The van der Waals surface area contributed by atoms with Crippen LogP contribution in [0, 0.1) is 17.0 Å². The molecule has 178 valence electrons. The lowest BCUT2D eigenvalue weighted by Gasteiger charge is -2.11. The number of rotatable bonds is 9. The van der Waals surface area contributed by atoms with E-state index in [1.54, 1.807) is 30.3 Å². The van der Waals surface area contributed by atoms with E-state index >= 15 is 0 Å². The van der Waals surface area contributed by atoms with Crippen LogP contribution in [0.4, 0.5) is 11.4 Å². The molecule has 0 fully saturated rings. The average molecular weight is 474 g/mol. The SMILES string of the molecule is COc1ccccc1Oc1cc(NC(=O)c2ccc(COc3ccccc3C)o2)cc([N+](=O)[O-])c1. The highest BCUT2D eigenvalue weighted by Gasteiger charge is 2.17. The van der Waals surface area contributed by atoms with Crippen molar-refractivity contribution in [2.75, 3.05) is 12.4 Å². The fourth-order valence-corrected chi connectivity index (χ4v) is 3.29. The number of furan rings is 1. The number of nitrogens with one attached hydrogen (secondary N) is 1. The summed E-state index contributed by atoms with van der Waals surface area (Å²) in [6, 6.07) is 21.6. The molecule has 1 aromatic heterocycles. The second-order valence-corrected chi connectivity index (χ2v) is 7.50. The van der Waals surface area contributed by atoms with Crippen molar-refractivity contribution in [1.82, 2.24) is 0 Å². The summed E-state index contributed by atoms with van der Waals surface area (Å²) in [6.07, 6.45) is 0. The molecule has 9 nitrogen and oxygen atoms in total. The molecule has 4 aromatic rings. The molecule has 0 saturated heterocycles. The number of carbonyl (C=O) groups excluding carboxylic acids is 1. The fraction of sp³-hybridized carbons (Fsp3) is 0.115. The van der Waals surface area contributed by atoms with Crippen molar-refractivity contribution >= 4 is 17.3 Å². The molecule has 0 aliphatic rings. The number of carbonyl (C=O) groups is 1. The summed E-state index contributed by atoms with van der Waals surface area (Å²) in [6.45, 7) is 2.08. The van der Waals surface area contributed by atoms with Crippen molar-refractivity contribution in [3.8, 4) is 23.0 Å². The molecule has 0 bridgehead atoms. The maximum Gasteiger partial charge on any atom is 0.291 e. The first kappa shape index (κ1) is 23.4. The molecule has 3 aromatic carbocycles. The number of nitrogens with zero attached hydrogens (tertiary/aromatic N) is 1. The predicted molar refractivity (Wildman–Crippen MR) is 128 cm³/mol. The van der Waals surface area contributed by atoms with E-state index in [4.69, 9.17) is 18.6 Å².